The van der Waals surface area contributed by atoms with Crippen molar-refractivity contribution in [2.24, 2.45) is 17.3 Å². The largest absolute Gasteiger partial charge is 0.490 e. The highest BCUT2D eigenvalue weighted by atomic mass is 16.6. The van der Waals surface area contributed by atoms with Crippen LogP contribution < -0.4 is 15.1 Å². The molecule has 5 heteroatoms. The monoisotopic (exact) mass is 307 g/mol. The minimum Gasteiger partial charge on any atom is -0.490 e. The van der Waals surface area contributed by atoms with Crippen molar-refractivity contribution < 1.29 is 14.7 Å². The molecule has 1 aliphatic heterocycles. The van der Waals surface area contributed by atoms with Gasteiger partial charge in [0.25, 0.3) is 5.56 Å². The minimum atomic E-state index is -0.410. The molecule has 1 aromatic rings. The van der Waals surface area contributed by atoms with E-state index in [1.54, 1.807) is 12.3 Å². The Morgan fingerprint density at radius 1 is 1.41 bits per heavy atom. The van der Waals surface area contributed by atoms with Crippen molar-refractivity contribution in [3.63, 3.8) is 0 Å². The highest BCUT2D eigenvalue weighted by Crippen LogP contribution is 2.57. The number of fused-ring (bicyclic) bond motifs is 3. The Bertz CT molecular complexity index is 640. The molecular weight excluding hydrogens is 282 g/mol. The smallest absolute Gasteiger partial charge is 0.290 e. The number of hydrogen-bond acceptors (Lipinski definition) is 4. The van der Waals surface area contributed by atoms with E-state index in [1.807, 2.05) is 6.92 Å². The lowest BCUT2D eigenvalue weighted by Gasteiger charge is -2.55. The first-order chi connectivity index (χ1) is 10.3. The molecule has 122 valence electrons. The van der Waals surface area contributed by atoms with Crippen molar-refractivity contribution in [1.82, 2.24) is 4.73 Å². The topological polar surface area (TPSA) is 60.7 Å². The maximum Gasteiger partial charge on any atom is 0.290 e. The van der Waals surface area contributed by atoms with Crippen molar-refractivity contribution in [2.45, 2.75) is 52.2 Å². The van der Waals surface area contributed by atoms with Crippen LogP contribution in [0, 0.1) is 17.3 Å². The van der Waals surface area contributed by atoms with Gasteiger partial charge in [-0.15, -0.1) is 0 Å². The van der Waals surface area contributed by atoms with Crippen LogP contribution in [-0.2, 0) is 0 Å². The standard InChI is InChI=1S/C17H25NO4/c1-9-8-17(4)11(3)22-12-6-7-18(21-5)16(20)13(12)14(17)10(2)15(9)19/h6-7,9-11,14-15,19H,8H2,1-5H3/t9-,10+,11-,14-,15-,17-/m1/s1. The molecule has 2 aliphatic rings. The highest BCUT2D eigenvalue weighted by molar-refractivity contribution is 5.39. The van der Waals surface area contributed by atoms with E-state index in [2.05, 4.69) is 20.8 Å². The lowest BCUT2D eigenvalue weighted by Crippen LogP contribution is -2.55. The first-order valence-corrected chi connectivity index (χ1v) is 7.96. The van der Waals surface area contributed by atoms with Gasteiger partial charge >= 0.3 is 0 Å². The zero-order chi connectivity index (χ0) is 16.2. The molecule has 0 radical (unpaired) electrons. The van der Waals surface area contributed by atoms with E-state index < -0.39 is 6.10 Å². The van der Waals surface area contributed by atoms with E-state index in [0.29, 0.717) is 11.3 Å². The van der Waals surface area contributed by atoms with E-state index >= 15 is 0 Å². The molecule has 0 bridgehead atoms. The molecule has 0 spiro atoms. The fraction of sp³-hybridized carbons (Fsp3) is 0.706. The predicted octanol–water partition coefficient (Wildman–Crippen LogP) is 1.81. The van der Waals surface area contributed by atoms with Crippen molar-refractivity contribution in [3.8, 4) is 5.75 Å². The lowest BCUT2D eigenvalue weighted by atomic mass is 9.54. The Morgan fingerprint density at radius 2 is 2.09 bits per heavy atom. The van der Waals surface area contributed by atoms with Crippen LogP contribution in [0.1, 0.15) is 45.6 Å². The number of aliphatic hydroxyl groups excluding tert-OH is 1. The van der Waals surface area contributed by atoms with E-state index in [4.69, 9.17) is 9.57 Å². The Balaban J connectivity index is 2.22. The minimum absolute atomic E-state index is 0.000180. The molecule has 3 rings (SSSR count). The van der Waals surface area contributed by atoms with Gasteiger partial charge in [-0.3, -0.25) is 4.79 Å². The summed E-state index contributed by atoms with van der Waals surface area (Å²) in [4.78, 5) is 17.9. The van der Waals surface area contributed by atoms with Gasteiger partial charge in [0.1, 0.15) is 19.0 Å². The average Bonchev–Trinajstić information content (AvgIpc) is 2.47. The first-order valence-electron chi connectivity index (χ1n) is 7.96. The third kappa shape index (κ3) is 1.91. The summed E-state index contributed by atoms with van der Waals surface area (Å²) < 4.78 is 7.30. The average molecular weight is 307 g/mol. The number of aromatic nitrogens is 1. The number of hydrogen-bond donors (Lipinski definition) is 1. The Kier molecular flexibility index (Phi) is 3.51. The van der Waals surface area contributed by atoms with Gasteiger partial charge in [-0.05, 0) is 25.2 Å². The van der Waals surface area contributed by atoms with Crippen LogP contribution >= 0.6 is 0 Å². The molecule has 1 saturated carbocycles. The van der Waals surface area contributed by atoms with Crippen molar-refractivity contribution in [2.75, 3.05) is 7.11 Å². The van der Waals surface area contributed by atoms with Gasteiger partial charge in [0.2, 0.25) is 0 Å². The van der Waals surface area contributed by atoms with E-state index in [-0.39, 0.29) is 34.8 Å². The summed E-state index contributed by atoms with van der Waals surface area (Å²) in [6.45, 7) is 8.35. The van der Waals surface area contributed by atoms with Crippen molar-refractivity contribution in [1.29, 1.82) is 0 Å². The fourth-order valence-electron chi connectivity index (χ4n) is 4.64. The van der Waals surface area contributed by atoms with Gasteiger partial charge in [0, 0.05) is 17.4 Å². The van der Waals surface area contributed by atoms with Gasteiger partial charge in [-0.2, -0.15) is 4.73 Å². The van der Waals surface area contributed by atoms with Gasteiger partial charge < -0.3 is 14.7 Å². The van der Waals surface area contributed by atoms with Gasteiger partial charge in [0.05, 0.1) is 17.9 Å². The molecular formula is C17H25NO4. The molecule has 2 heterocycles. The molecule has 1 N–H and O–H groups in total. The number of rotatable bonds is 1. The first kappa shape index (κ1) is 15.4. The van der Waals surface area contributed by atoms with Crippen LogP contribution in [-0.4, -0.2) is 29.2 Å². The SMILES string of the molecule is COn1ccc2c(c1=O)[C@H]1[C@H](C)[C@H](O)[C@H](C)C[C@]1(C)[C@@H](C)O2. The molecule has 6 atom stereocenters. The Labute approximate surface area is 130 Å². The lowest BCUT2D eigenvalue weighted by molar-refractivity contribution is -0.0934. The van der Waals surface area contributed by atoms with Gasteiger partial charge in [-0.1, -0.05) is 20.8 Å². The molecule has 0 amide bonds. The van der Waals surface area contributed by atoms with Crippen LogP contribution in [0.2, 0.25) is 0 Å². The van der Waals surface area contributed by atoms with Crippen LogP contribution in [0.5, 0.6) is 5.75 Å². The fourth-order valence-corrected chi connectivity index (χ4v) is 4.64. The molecule has 0 saturated heterocycles. The van der Waals surface area contributed by atoms with E-state index in [1.165, 1.54) is 11.8 Å². The van der Waals surface area contributed by atoms with Crippen molar-refractivity contribution in [3.05, 3.63) is 28.2 Å². The molecule has 22 heavy (non-hydrogen) atoms. The summed E-state index contributed by atoms with van der Waals surface area (Å²) in [7, 11) is 1.47. The van der Waals surface area contributed by atoms with Crippen molar-refractivity contribution >= 4 is 0 Å². The molecule has 5 nitrogen and oxygen atoms in total. The summed E-state index contributed by atoms with van der Waals surface area (Å²) in [5.74, 6) is 0.783. The molecule has 0 aromatic carbocycles. The maximum absolute atomic E-state index is 12.8. The molecule has 1 aliphatic carbocycles. The third-order valence-corrected chi connectivity index (χ3v) is 5.92. The summed E-state index contributed by atoms with van der Waals surface area (Å²) in [5.41, 5.74) is 0.289. The highest BCUT2D eigenvalue weighted by Gasteiger charge is 2.55. The maximum atomic E-state index is 12.8. The van der Waals surface area contributed by atoms with Crippen LogP contribution in [0.4, 0.5) is 0 Å². The summed E-state index contributed by atoms with van der Waals surface area (Å²) in [5, 5.41) is 10.5. The number of pyridine rings is 1. The third-order valence-electron chi connectivity index (χ3n) is 5.92. The molecule has 1 fully saturated rings. The second-order valence-electron chi connectivity index (χ2n) is 7.18. The summed E-state index contributed by atoms with van der Waals surface area (Å²) in [6, 6.07) is 1.79. The quantitative estimate of drug-likeness (QED) is 0.859. The number of ether oxygens (including phenoxy) is 1. The zero-order valence-electron chi connectivity index (χ0n) is 13.9. The zero-order valence-corrected chi connectivity index (χ0v) is 13.9. The van der Waals surface area contributed by atoms with E-state index in [9.17, 15) is 9.90 Å². The van der Waals surface area contributed by atoms with Crippen LogP contribution in [0.3, 0.4) is 0 Å². The summed E-state index contributed by atoms with van der Waals surface area (Å²) >= 11 is 0. The predicted molar refractivity (Wildman–Crippen MR) is 83.1 cm³/mol. The summed E-state index contributed by atoms with van der Waals surface area (Å²) in [6.07, 6.45) is 2.01. The second kappa shape index (κ2) is 5.01. The Morgan fingerprint density at radius 3 is 2.73 bits per heavy atom. The normalized spacial score (nSPS) is 40.4. The van der Waals surface area contributed by atoms with E-state index in [0.717, 1.165) is 6.42 Å². The number of aliphatic hydroxyl groups is 1. The molecule has 0 unspecified atom stereocenters. The second-order valence-corrected chi connectivity index (χ2v) is 7.18. The van der Waals surface area contributed by atoms with Gasteiger partial charge in [-0.25, -0.2) is 0 Å². The van der Waals surface area contributed by atoms with Crippen LogP contribution in [0.15, 0.2) is 17.1 Å². The van der Waals surface area contributed by atoms with Crippen LogP contribution in [0.25, 0.3) is 0 Å². The Hall–Kier alpha value is -1.49. The molecule has 1 aromatic heterocycles. The van der Waals surface area contributed by atoms with Gasteiger partial charge in [0.15, 0.2) is 0 Å². The number of nitrogens with zero attached hydrogens (tertiary/aromatic N) is 1.